The molecule has 0 spiro atoms. The van der Waals surface area contributed by atoms with Crippen LogP contribution in [-0.2, 0) is 16.6 Å². The van der Waals surface area contributed by atoms with Crippen LogP contribution >= 0.6 is 0 Å². The maximum absolute atomic E-state index is 12.5. The lowest BCUT2D eigenvalue weighted by atomic mass is 10.1. The van der Waals surface area contributed by atoms with Crippen molar-refractivity contribution in [3.05, 3.63) is 18.0 Å². The standard InChI is InChI=1S/C14H25N3O2S/c1-11(2)6-7-16(3)20(18,19)14-8-13(9-15)17(10-14)12-4-5-12/h8,10-12H,4-7,9,15H2,1-3H3. The van der Waals surface area contributed by atoms with Crippen LogP contribution in [0.25, 0.3) is 0 Å². The maximum atomic E-state index is 12.5. The molecular formula is C14H25N3O2S. The van der Waals surface area contributed by atoms with Crippen molar-refractivity contribution in [1.82, 2.24) is 8.87 Å². The lowest BCUT2D eigenvalue weighted by Gasteiger charge is -2.17. The molecule has 1 saturated carbocycles. The third kappa shape index (κ3) is 3.24. The largest absolute Gasteiger partial charge is 0.346 e. The summed E-state index contributed by atoms with van der Waals surface area (Å²) in [5.41, 5.74) is 6.62. The van der Waals surface area contributed by atoms with Gasteiger partial charge in [0.25, 0.3) is 0 Å². The molecule has 1 aromatic heterocycles. The van der Waals surface area contributed by atoms with Crippen molar-refractivity contribution in [3.8, 4) is 0 Å². The summed E-state index contributed by atoms with van der Waals surface area (Å²) in [6.45, 7) is 5.11. The highest BCUT2D eigenvalue weighted by atomic mass is 32.2. The fraction of sp³-hybridized carbons (Fsp3) is 0.714. The summed E-state index contributed by atoms with van der Waals surface area (Å²) in [4.78, 5) is 0.371. The van der Waals surface area contributed by atoms with Gasteiger partial charge in [0.15, 0.2) is 0 Å². The van der Waals surface area contributed by atoms with Crippen LogP contribution < -0.4 is 5.73 Å². The zero-order chi connectivity index (χ0) is 14.9. The Bertz CT molecular complexity index is 559. The van der Waals surface area contributed by atoms with Crippen molar-refractivity contribution in [2.45, 2.75) is 50.6 Å². The van der Waals surface area contributed by atoms with Gasteiger partial charge in [0, 0.05) is 38.1 Å². The lowest BCUT2D eigenvalue weighted by molar-refractivity contribution is 0.428. The summed E-state index contributed by atoms with van der Waals surface area (Å²) in [5, 5.41) is 0. The molecule has 1 aliphatic rings. The van der Waals surface area contributed by atoms with Gasteiger partial charge in [-0.3, -0.25) is 0 Å². The zero-order valence-electron chi connectivity index (χ0n) is 12.5. The first-order valence-corrected chi connectivity index (χ1v) is 8.67. The van der Waals surface area contributed by atoms with Gasteiger partial charge in [0.1, 0.15) is 4.90 Å². The van der Waals surface area contributed by atoms with Crippen molar-refractivity contribution < 1.29 is 8.42 Å². The van der Waals surface area contributed by atoms with Crippen LogP contribution in [0.3, 0.4) is 0 Å². The van der Waals surface area contributed by atoms with Crippen molar-refractivity contribution in [2.75, 3.05) is 13.6 Å². The van der Waals surface area contributed by atoms with Crippen LogP contribution in [0.1, 0.15) is 44.8 Å². The van der Waals surface area contributed by atoms with Crippen LogP contribution in [-0.4, -0.2) is 30.9 Å². The minimum Gasteiger partial charge on any atom is -0.346 e. The molecule has 0 aliphatic heterocycles. The third-order valence-electron chi connectivity index (χ3n) is 3.79. The molecule has 20 heavy (non-hydrogen) atoms. The fourth-order valence-electron chi connectivity index (χ4n) is 2.23. The topological polar surface area (TPSA) is 68.3 Å². The average Bonchev–Trinajstić information content (AvgIpc) is 3.14. The predicted molar refractivity (Wildman–Crippen MR) is 79.9 cm³/mol. The molecule has 1 aromatic rings. The first-order valence-electron chi connectivity index (χ1n) is 7.23. The molecule has 1 heterocycles. The van der Waals surface area contributed by atoms with Crippen molar-refractivity contribution >= 4 is 10.0 Å². The molecular weight excluding hydrogens is 274 g/mol. The highest BCUT2D eigenvalue weighted by molar-refractivity contribution is 7.89. The lowest BCUT2D eigenvalue weighted by Crippen LogP contribution is -2.28. The summed E-state index contributed by atoms with van der Waals surface area (Å²) < 4.78 is 28.6. The van der Waals surface area contributed by atoms with Crippen LogP contribution in [0, 0.1) is 5.92 Å². The van der Waals surface area contributed by atoms with E-state index in [1.165, 1.54) is 4.31 Å². The Morgan fingerprint density at radius 3 is 2.60 bits per heavy atom. The SMILES string of the molecule is CC(C)CCN(C)S(=O)(=O)c1cc(CN)n(C2CC2)c1. The van der Waals surface area contributed by atoms with E-state index in [-0.39, 0.29) is 0 Å². The van der Waals surface area contributed by atoms with E-state index in [4.69, 9.17) is 5.73 Å². The number of rotatable bonds is 7. The molecule has 0 saturated heterocycles. The van der Waals surface area contributed by atoms with E-state index in [1.54, 1.807) is 19.3 Å². The van der Waals surface area contributed by atoms with E-state index in [9.17, 15) is 8.42 Å². The predicted octanol–water partition coefficient (Wildman–Crippen LogP) is 1.95. The number of aromatic nitrogens is 1. The number of hydrogen-bond donors (Lipinski definition) is 1. The molecule has 0 unspecified atom stereocenters. The summed E-state index contributed by atoms with van der Waals surface area (Å²) in [6.07, 6.45) is 4.85. The average molecular weight is 299 g/mol. The molecule has 0 atom stereocenters. The minimum atomic E-state index is -3.40. The summed E-state index contributed by atoms with van der Waals surface area (Å²) in [7, 11) is -1.75. The quantitative estimate of drug-likeness (QED) is 0.836. The molecule has 0 radical (unpaired) electrons. The molecule has 1 aliphatic carbocycles. The van der Waals surface area contributed by atoms with E-state index in [0.29, 0.717) is 29.9 Å². The van der Waals surface area contributed by atoms with Crippen LogP contribution in [0.15, 0.2) is 17.2 Å². The van der Waals surface area contributed by atoms with Crippen LogP contribution in [0.4, 0.5) is 0 Å². The Balaban J connectivity index is 2.20. The van der Waals surface area contributed by atoms with Gasteiger partial charge >= 0.3 is 0 Å². The van der Waals surface area contributed by atoms with E-state index >= 15 is 0 Å². The Morgan fingerprint density at radius 1 is 1.45 bits per heavy atom. The second kappa shape index (κ2) is 5.87. The van der Waals surface area contributed by atoms with Gasteiger partial charge in [-0.05, 0) is 31.2 Å². The van der Waals surface area contributed by atoms with E-state index < -0.39 is 10.0 Å². The maximum Gasteiger partial charge on any atom is 0.244 e. The Kier molecular flexibility index (Phi) is 4.56. The normalized spacial score (nSPS) is 16.3. The summed E-state index contributed by atoms with van der Waals surface area (Å²) >= 11 is 0. The zero-order valence-corrected chi connectivity index (χ0v) is 13.4. The van der Waals surface area contributed by atoms with E-state index in [2.05, 4.69) is 13.8 Å². The van der Waals surface area contributed by atoms with Gasteiger partial charge in [-0.2, -0.15) is 0 Å². The molecule has 0 bridgehead atoms. The smallest absolute Gasteiger partial charge is 0.244 e. The molecule has 6 heteroatoms. The monoisotopic (exact) mass is 299 g/mol. The van der Waals surface area contributed by atoms with Gasteiger partial charge in [0.2, 0.25) is 10.0 Å². The molecule has 2 rings (SSSR count). The molecule has 2 N–H and O–H groups in total. The second-order valence-corrected chi connectivity index (χ2v) is 8.06. The van der Waals surface area contributed by atoms with Crippen LogP contribution in [0.5, 0.6) is 0 Å². The summed E-state index contributed by atoms with van der Waals surface area (Å²) in [5.74, 6) is 0.489. The molecule has 0 amide bonds. The highest BCUT2D eigenvalue weighted by Crippen LogP contribution is 2.37. The number of nitrogens with two attached hydrogens (primary N) is 1. The molecule has 0 aromatic carbocycles. The number of hydrogen-bond acceptors (Lipinski definition) is 3. The number of nitrogens with zero attached hydrogens (tertiary/aromatic N) is 2. The number of sulfonamides is 1. The second-order valence-electron chi connectivity index (χ2n) is 6.02. The third-order valence-corrected chi connectivity index (χ3v) is 5.61. The molecule has 114 valence electrons. The Hall–Kier alpha value is -0.850. The fourth-order valence-corrected chi connectivity index (χ4v) is 3.47. The van der Waals surface area contributed by atoms with Crippen molar-refractivity contribution in [2.24, 2.45) is 11.7 Å². The van der Waals surface area contributed by atoms with Gasteiger partial charge in [-0.1, -0.05) is 13.8 Å². The minimum absolute atomic E-state index is 0.371. The van der Waals surface area contributed by atoms with E-state index in [1.807, 2.05) is 4.57 Å². The first kappa shape index (κ1) is 15.5. The van der Waals surface area contributed by atoms with Crippen molar-refractivity contribution in [3.63, 3.8) is 0 Å². The van der Waals surface area contributed by atoms with Crippen LogP contribution in [0.2, 0.25) is 0 Å². The molecule has 1 fully saturated rings. The van der Waals surface area contributed by atoms with Gasteiger partial charge < -0.3 is 10.3 Å². The van der Waals surface area contributed by atoms with E-state index in [0.717, 1.165) is 25.0 Å². The van der Waals surface area contributed by atoms with Gasteiger partial charge in [-0.15, -0.1) is 0 Å². The first-order chi connectivity index (χ1) is 9.36. The Morgan fingerprint density at radius 2 is 2.10 bits per heavy atom. The molecule has 5 nitrogen and oxygen atoms in total. The highest BCUT2D eigenvalue weighted by Gasteiger charge is 2.29. The Labute approximate surface area is 121 Å². The van der Waals surface area contributed by atoms with Gasteiger partial charge in [0.05, 0.1) is 0 Å². The van der Waals surface area contributed by atoms with Crippen molar-refractivity contribution in [1.29, 1.82) is 0 Å². The van der Waals surface area contributed by atoms with Gasteiger partial charge in [-0.25, -0.2) is 12.7 Å². The summed E-state index contributed by atoms with van der Waals surface area (Å²) in [6, 6.07) is 2.16.